The zero-order valence-corrected chi connectivity index (χ0v) is 18.2. The summed E-state index contributed by atoms with van der Waals surface area (Å²) >= 11 is 0. The first-order valence-corrected chi connectivity index (χ1v) is 11.4. The summed E-state index contributed by atoms with van der Waals surface area (Å²) in [5.74, 6) is 1.45. The Labute approximate surface area is 177 Å². The molecule has 0 atom stereocenters. The van der Waals surface area contributed by atoms with E-state index in [1.54, 1.807) is 56.5 Å². The van der Waals surface area contributed by atoms with Gasteiger partial charge >= 0.3 is 0 Å². The van der Waals surface area contributed by atoms with Crippen LogP contribution >= 0.6 is 0 Å². The molecule has 1 aliphatic heterocycles. The fourth-order valence-corrected chi connectivity index (χ4v) is 5.03. The number of amides is 1. The molecule has 1 amide bonds. The van der Waals surface area contributed by atoms with Crippen LogP contribution in [0.1, 0.15) is 24.0 Å². The van der Waals surface area contributed by atoms with E-state index in [1.807, 2.05) is 6.07 Å². The third kappa shape index (κ3) is 3.77. The third-order valence-electron chi connectivity index (χ3n) is 5.70. The van der Waals surface area contributed by atoms with Crippen LogP contribution in [-0.2, 0) is 27.8 Å². The molecule has 160 valence electrons. The average Bonchev–Trinajstić information content (AvgIpc) is 3.51. The Balaban J connectivity index is 1.54. The number of sulfonamides is 1. The summed E-state index contributed by atoms with van der Waals surface area (Å²) in [6.07, 6.45) is 2.59. The quantitative estimate of drug-likeness (QED) is 0.675. The van der Waals surface area contributed by atoms with Crippen molar-refractivity contribution in [2.75, 3.05) is 32.7 Å². The summed E-state index contributed by atoms with van der Waals surface area (Å²) in [6.45, 7) is 0.821. The minimum Gasteiger partial charge on any atom is -0.493 e. The maximum absolute atomic E-state index is 13.1. The minimum atomic E-state index is -3.68. The van der Waals surface area contributed by atoms with Crippen molar-refractivity contribution in [3.63, 3.8) is 0 Å². The first kappa shape index (κ1) is 20.7. The van der Waals surface area contributed by atoms with E-state index in [-0.39, 0.29) is 23.3 Å². The van der Waals surface area contributed by atoms with Crippen molar-refractivity contribution < 1.29 is 22.7 Å². The van der Waals surface area contributed by atoms with Crippen molar-refractivity contribution in [3.8, 4) is 11.5 Å². The molecule has 8 heteroatoms. The van der Waals surface area contributed by atoms with Gasteiger partial charge in [0, 0.05) is 31.7 Å². The van der Waals surface area contributed by atoms with Gasteiger partial charge in [-0.05, 0) is 60.7 Å². The van der Waals surface area contributed by atoms with Crippen molar-refractivity contribution in [2.24, 2.45) is 5.92 Å². The molecule has 2 aromatic carbocycles. The van der Waals surface area contributed by atoms with Crippen LogP contribution < -0.4 is 14.4 Å². The molecular formula is C22H26N2O5S. The van der Waals surface area contributed by atoms with Gasteiger partial charge in [0.15, 0.2) is 11.5 Å². The predicted octanol–water partition coefficient (Wildman–Crippen LogP) is 2.82. The highest BCUT2D eigenvalue weighted by Gasteiger charge is 2.37. The maximum Gasteiger partial charge on any atom is 0.243 e. The lowest BCUT2D eigenvalue weighted by atomic mass is 10.2. The van der Waals surface area contributed by atoms with Gasteiger partial charge in [0.2, 0.25) is 15.9 Å². The van der Waals surface area contributed by atoms with Gasteiger partial charge in [-0.15, -0.1) is 0 Å². The molecule has 0 spiro atoms. The van der Waals surface area contributed by atoms with Crippen molar-refractivity contribution in [3.05, 3.63) is 47.5 Å². The molecule has 2 aromatic rings. The number of carbonyl (C=O) groups is 1. The molecule has 1 heterocycles. The standard InChI is InChI=1S/C22H26N2O5S/c1-23(14-15-4-9-20(28-2)21(12-15)29-3)30(26,27)18-7-8-19-17(13-18)10-11-24(19)22(25)16-5-6-16/h4,7-9,12-13,16H,5-6,10-11,14H2,1-3H3. The Hall–Kier alpha value is -2.58. The number of benzene rings is 2. The van der Waals surface area contributed by atoms with E-state index in [2.05, 4.69) is 0 Å². The van der Waals surface area contributed by atoms with Crippen molar-refractivity contribution >= 4 is 21.6 Å². The molecule has 1 fully saturated rings. The molecule has 0 radical (unpaired) electrons. The first-order valence-electron chi connectivity index (χ1n) is 9.96. The highest BCUT2D eigenvalue weighted by Crippen LogP contribution is 2.37. The highest BCUT2D eigenvalue weighted by molar-refractivity contribution is 7.89. The van der Waals surface area contributed by atoms with Crippen molar-refractivity contribution in [1.29, 1.82) is 0 Å². The summed E-state index contributed by atoms with van der Waals surface area (Å²) in [4.78, 5) is 14.5. The summed E-state index contributed by atoms with van der Waals surface area (Å²) in [5.41, 5.74) is 2.54. The van der Waals surface area contributed by atoms with Crippen molar-refractivity contribution in [2.45, 2.75) is 30.7 Å². The lowest BCUT2D eigenvalue weighted by molar-refractivity contribution is -0.119. The van der Waals surface area contributed by atoms with Gasteiger partial charge < -0.3 is 14.4 Å². The number of nitrogens with zero attached hydrogens (tertiary/aromatic N) is 2. The van der Waals surface area contributed by atoms with Crippen LogP contribution in [0.15, 0.2) is 41.3 Å². The number of hydrogen-bond acceptors (Lipinski definition) is 5. The first-order chi connectivity index (χ1) is 14.3. The second-order valence-electron chi connectivity index (χ2n) is 7.76. The zero-order chi connectivity index (χ0) is 21.5. The fraction of sp³-hybridized carbons (Fsp3) is 0.409. The van der Waals surface area contributed by atoms with Gasteiger partial charge in [-0.3, -0.25) is 4.79 Å². The number of anilines is 1. The Morgan fingerprint density at radius 1 is 1.10 bits per heavy atom. The molecule has 30 heavy (non-hydrogen) atoms. The smallest absolute Gasteiger partial charge is 0.243 e. The van der Waals surface area contributed by atoms with E-state index in [9.17, 15) is 13.2 Å². The van der Waals surface area contributed by atoms with Gasteiger partial charge in [-0.2, -0.15) is 4.31 Å². The highest BCUT2D eigenvalue weighted by atomic mass is 32.2. The lowest BCUT2D eigenvalue weighted by Gasteiger charge is -2.20. The van der Waals surface area contributed by atoms with Gasteiger partial charge in [-0.25, -0.2) is 8.42 Å². The molecule has 1 aliphatic carbocycles. The summed E-state index contributed by atoms with van der Waals surface area (Å²) in [5, 5.41) is 0. The van der Waals surface area contributed by atoms with Crippen LogP contribution in [0.5, 0.6) is 11.5 Å². The number of hydrogen-bond donors (Lipinski definition) is 0. The molecule has 0 aromatic heterocycles. The van der Waals surface area contributed by atoms with E-state index in [0.717, 1.165) is 29.7 Å². The van der Waals surface area contributed by atoms with E-state index in [4.69, 9.17) is 9.47 Å². The molecule has 0 bridgehead atoms. The van der Waals surface area contributed by atoms with Gasteiger partial charge in [0.25, 0.3) is 0 Å². The number of methoxy groups -OCH3 is 2. The normalized spacial score (nSPS) is 15.9. The van der Waals surface area contributed by atoms with E-state index < -0.39 is 10.0 Å². The summed E-state index contributed by atoms with van der Waals surface area (Å²) in [6, 6.07) is 10.4. The Morgan fingerprint density at radius 3 is 2.50 bits per heavy atom. The lowest BCUT2D eigenvalue weighted by Crippen LogP contribution is -2.30. The largest absolute Gasteiger partial charge is 0.493 e. The van der Waals surface area contributed by atoms with Crippen molar-refractivity contribution in [1.82, 2.24) is 4.31 Å². The van der Waals surface area contributed by atoms with Crippen LogP contribution in [0, 0.1) is 5.92 Å². The molecular weight excluding hydrogens is 404 g/mol. The number of carbonyl (C=O) groups excluding carboxylic acids is 1. The van der Waals surface area contributed by atoms with Crippen LogP contribution in [0.2, 0.25) is 0 Å². The second kappa shape index (κ2) is 7.92. The van der Waals surface area contributed by atoms with Crippen LogP contribution in [0.3, 0.4) is 0 Å². The topological polar surface area (TPSA) is 76.2 Å². The van der Waals surface area contributed by atoms with Gasteiger partial charge in [0.05, 0.1) is 19.1 Å². The van der Waals surface area contributed by atoms with Gasteiger partial charge in [0.1, 0.15) is 0 Å². The fourth-order valence-electron chi connectivity index (χ4n) is 3.82. The van der Waals surface area contributed by atoms with Gasteiger partial charge in [-0.1, -0.05) is 6.07 Å². The Bertz CT molecular complexity index is 1080. The third-order valence-corrected chi connectivity index (χ3v) is 7.50. The molecule has 4 rings (SSSR count). The zero-order valence-electron chi connectivity index (χ0n) is 17.4. The maximum atomic E-state index is 13.1. The SMILES string of the molecule is COc1ccc(CN(C)S(=O)(=O)c2ccc3c(c2)CCN3C(=O)C2CC2)cc1OC. The molecule has 1 saturated carbocycles. The molecule has 0 saturated heterocycles. The Morgan fingerprint density at radius 2 is 1.83 bits per heavy atom. The molecule has 7 nitrogen and oxygen atoms in total. The second-order valence-corrected chi connectivity index (χ2v) is 9.80. The van der Waals surface area contributed by atoms with E-state index >= 15 is 0 Å². The van der Waals surface area contributed by atoms with E-state index in [1.165, 1.54) is 4.31 Å². The number of rotatable bonds is 7. The summed E-state index contributed by atoms with van der Waals surface area (Å²) < 4.78 is 38.1. The van der Waals surface area contributed by atoms with Crippen LogP contribution in [-0.4, -0.2) is 46.4 Å². The van der Waals surface area contributed by atoms with E-state index in [0.29, 0.717) is 24.5 Å². The molecule has 2 aliphatic rings. The molecule has 0 N–H and O–H groups in total. The average molecular weight is 431 g/mol. The number of fused-ring (bicyclic) bond motifs is 1. The number of ether oxygens (including phenoxy) is 2. The predicted molar refractivity (Wildman–Crippen MR) is 113 cm³/mol. The molecule has 0 unspecified atom stereocenters. The van der Waals surface area contributed by atoms with Crippen LogP contribution in [0.25, 0.3) is 0 Å². The Kier molecular flexibility index (Phi) is 5.46. The minimum absolute atomic E-state index is 0.145. The summed E-state index contributed by atoms with van der Waals surface area (Å²) in [7, 11) is 0.982. The monoisotopic (exact) mass is 430 g/mol. The van der Waals surface area contributed by atoms with Crippen LogP contribution in [0.4, 0.5) is 5.69 Å².